The van der Waals surface area contributed by atoms with Crippen molar-refractivity contribution >= 4 is 28.3 Å². The molecular weight excluding hydrogens is 246 g/mol. The second kappa shape index (κ2) is 4.03. The molecule has 3 aromatic rings. The van der Waals surface area contributed by atoms with E-state index in [1.54, 1.807) is 6.07 Å². The molecule has 2 N–H and O–H groups in total. The lowest BCUT2D eigenvalue weighted by atomic mass is 10.2. The minimum Gasteiger partial charge on any atom is -0.398 e. The predicted molar refractivity (Wildman–Crippen MR) is 75.6 cm³/mol. The summed E-state index contributed by atoms with van der Waals surface area (Å²) in [7, 11) is 1.99. The molecule has 0 bridgehead atoms. The molecule has 0 amide bonds. The Kier molecular flexibility index (Phi) is 2.49. The van der Waals surface area contributed by atoms with Gasteiger partial charge in [0.2, 0.25) is 0 Å². The molecule has 0 atom stereocenters. The first kappa shape index (κ1) is 11.1. The molecule has 4 heteroatoms. The van der Waals surface area contributed by atoms with E-state index in [0.29, 0.717) is 10.7 Å². The van der Waals surface area contributed by atoms with Crippen molar-refractivity contribution in [3.63, 3.8) is 0 Å². The van der Waals surface area contributed by atoms with Crippen molar-refractivity contribution in [1.29, 1.82) is 0 Å². The molecule has 0 saturated heterocycles. The lowest BCUT2D eigenvalue weighted by Gasteiger charge is -2.04. The predicted octanol–water partition coefficient (Wildman–Crippen LogP) is 3.48. The standard InChI is InChI=1S/C14H12ClN3/c1-18-13-5-3-2-4-12(13)17-14(18)9-6-7-11(16)10(15)8-9/h2-8H,16H2,1H3. The molecule has 1 heterocycles. The van der Waals surface area contributed by atoms with Crippen molar-refractivity contribution in [2.75, 3.05) is 5.73 Å². The Morgan fingerprint density at radius 2 is 1.94 bits per heavy atom. The zero-order chi connectivity index (χ0) is 12.7. The number of hydrogen-bond acceptors (Lipinski definition) is 2. The van der Waals surface area contributed by atoms with Crippen LogP contribution in [0.1, 0.15) is 0 Å². The molecule has 90 valence electrons. The van der Waals surface area contributed by atoms with Gasteiger partial charge in [0, 0.05) is 12.6 Å². The Bertz CT molecular complexity index is 731. The Morgan fingerprint density at radius 1 is 1.17 bits per heavy atom. The number of anilines is 1. The topological polar surface area (TPSA) is 43.8 Å². The highest BCUT2D eigenvalue weighted by Crippen LogP contribution is 2.28. The van der Waals surface area contributed by atoms with E-state index in [-0.39, 0.29) is 0 Å². The molecule has 0 aliphatic carbocycles. The fourth-order valence-corrected chi connectivity index (χ4v) is 2.25. The third-order valence-electron chi connectivity index (χ3n) is 3.05. The zero-order valence-electron chi connectivity index (χ0n) is 9.89. The monoisotopic (exact) mass is 257 g/mol. The molecule has 0 aliphatic rings. The van der Waals surface area contributed by atoms with Gasteiger partial charge in [-0.2, -0.15) is 0 Å². The van der Waals surface area contributed by atoms with Crippen LogP contribution in [-0.4, -0.2) is 9.55 Å². The highest BCUT2D eigenvalue weighted by molar-refractivity contribution is 6.33. The van der Waals surface area contributed by atoms with Crippen molar-refractivity contribution < 1.29 is 0 Å². The summed E-state index contributed by atoms with van der Waals surface area (Å²) in [5, 5.41) is 0.555. The summed E-state index contributed by atoms with van der Waals surface area (Å²) in [5.74, 6) is 0.887. The summed E-state index contributed by atoms with van der Waals surface area (Å²) in [5.41, 5.74) is 9.34. The zero-order valence-corrected chi connectivity index (χ0v) is 10.6. The van der Waals surface area contributed by atoms with Crippen LogP contribution in [0.5, 0.6) is 0 Å². The Hall–Kier alpha value is -2.00. The molecule has 0 unspecified atom stereocenters. The van der Waals surface area contributed by atoms with Gasteiger partial charge in [-0.3, -0.25) is 0 Å². The lowest BCUT2D eigenvalue weighted by molar-refractivity contribution is 0.959. The minimum absolute atomic E-state index is 0.555. The van der Waals surface area contributed by atoms with Gasteiger partial charge >= 0.3 is 0 Å². The fraction of sp³-hybridized carbons (Fsp3) is 0.0714. The molecule has 18 heavy (non-hydrogen) atoms. The van der Waals surface area contributed by atoms with Gasteiger partial charge in [-0.15, -0.1) is 0 Å². The first-order chi connectivity index (χ1) is 8.66. The number of halogens is 1. The molecule has 3 nitrogen and oxygen atoms in total. The number of nitrogens with zero attached hydrogens (tertiary/aromatic N) is 2. The third kappa shape index (κ3) is 1.64. The normalized spacial score (nSPS) is 11.0. The van der Waals surface area contributed by atoms with Crippen molar-refractivity contribution in [2.24, 2.45) is 7.05 Å². The van der Waals surface area contributed by atoms with Gasteiger partial charge < -0.3 is 10.3 Å². The maximum Gasteiger partial charge on any atom is 0.140 e. The molecule has 0 saturated carbocycles. The first-order valence-electron chi connectivity index (χ1n) is 5.63. The summed E-state index contributed by atoms with van der Waals surface area (Å²) < 4.78 is 2.05. The van der Waals surface area contributed by atoms with E-state index >= 15 is 0 Å². The maximum absolute atomic E-state index is 6.05. The second-order valence-electron chi connectivity index (χ2n) is 4.22. The van der Waals surface area contributed by atoms with Crippen LogP contribution in [0.2, 0.25) is 5.02 Å². The van der Waals surface area contributed by atoms with Crippen LogP contribution in [0.4, 0.5) is 5.69 Å². The molecule has 0 fully saturated rings. The van der Waals surface area contributed by atoms with E-state index in [2.05, 4.69) is 9.55 Å². The molecule has 3 rings (SSSR count). The number of aromatic nitrogens is 2. The van der Waals surface area contributed by atoms with E-state index < -0.39 is 0 Å². The van der Waals surface area contributed by atoms with E-state index in [4.69, 9.17) is 17.3 Å². The summed E-state index contributed by atoms with van der Waals surface area (Å²) in [6.07, 6.45) is 0. The second-order valence-corrected chi connectivity index (χ2v) is 4.63. The maximum atomic E-state index is 6.05. The van der Waals surface area contributed by atoms with Crippen LogP contribution in [0.3, 0.4) is 0 Å². The van der Waals surface area contributed by atoms with Crippen molar-refractivity contribution in [2.45, 2.75) is 0 Å². The average molecular weight is 258 g/mol. The third-order valence-corrected chi connectivity index (χ3v) is 3.37. The summed E-state index contributed by atoms with van der Waals surface area (Å²) in [4.78, 5) is 4.62. The largest absolute Gasteiger partial charge is 0.398 e. The first-order valence-corrected chi connectivity index (χ1v) is 6.01. The van der Waals surface area contributed by atoms with E-state index in [1.165, 1.54) is 0 Å². The number of hydrogen-bond donors (Lipinski definition) is 1. The number of fused-ring (bicyclic) bond motifs is 1. The number of nitrogens with two attached hydrogens (primary N) is 1. The smallest absolute Gasteiger partial charge is 0.140 e. The molecular formula is C14H12ClN3. The van der Waals surface area contributed by atoms with Crippen LogP contribution in [0, 0.1) is 0 Å². The minimum atomic E-state index is 0.555. The summed E-state index contributed by atoms with van der Waals surface area (Å²) in [6.45, 7) is 0. The number of para-hydroxylation sites is 2. The van der Waals surface area contributed by atoms with E-state index in [1.807, 2.05) is 43.4 Å². The van der Waals surface area contributed by atoms with Crippen LogP contribution in [0.15, 0.2) is 42.5 Å². The number of imidazole rings is 1. The van der Waals surface area contributed by atoms with Crippen LogP contribution < -0.4 is 5.73 Å². The van der Waals surface area contributed by atoms with E-state index in [9.17, 15) is 0 Å². The van der Waals surface area contributed by atoms with Crippen molar-refractivity contribution in [1.82, 2.24) is 9.55 Å². The highest BCUT2D eigenvalue weighted by Gasteiger charge is 2.10. The Morgan fingerprint density at radius 3 is 2.67 bits per heavy atom. The Balaban J connectivity index is 2.25. The highest BCUT2D eigenvalue weighted by atomic mass is 35.5. The van der Waals surface area contributed by atoms with Crippen molar-refractivity contribution in [3.05, 3.63) is 47.5 Å². The van der Waals surface area contributed by atoms with Crippen LogP contribution in [-0.2, 0) is 7.05 Å². The van der Waals surface area contributed by atoms with Crippen LogP contribution >= 0.6 is 11.6 Å². The summed E-state index contributed by atoms with van der Waals surface area (Å²) in [6, 6.07) is 13.6. The number of aryl methyl sites for hydroxylation is 1. The molecule has 0 aliphatic heterocycles. The SMILES string of the molecule is Cn1c(-c2ccc(N)c(Cl)c2)nc2ccccc21. The quantitative estimate of drug-likeness (QED) is 0.679. The number of benzene rings is 2. The van der Waals surface area contributed by atoms with Gasteiger partial charge in [-0.25, -0.2) is 4.98 Å². The van der Waals surface area contributed by atoms with Gasteiger partial charge in [0.1, 0.15) is 5.82 Å². The number of nitrogen functional groups attached to an aromatic ring is 1. The fourth-order valence-electron chi connectivity index (χ4n) is 2.07. The average Bonchev–Trinajstić information content (AvgIpc) is 2.71. The van der Waals surface area contributed by atoms with Gasteiger partial charge in [-0.05, 0) is 30.3 Å². The van der Waals surface area contributed by atoms with Gasteiger partial charge in [0.05, 0.1) is 21.7 Å². The van der Waals surface area contributed by atoms with E-state index in [0.717, 1.165) is 22.4 Å². The van der Waals surface area contributed by atoms with Gasteiger partial charge in [0.25, 0.3) is 0 Å². The molecule has 0 radical (unpaired) electrons. The van der Waals surface area contributed by atoms with Crippen LogP contribution in [0.25, 0.3) is 22.4 Å². The molecule has 2 aromatic carbocycles. The van der Waals surface area contributed by atoms with Gasteiger partial charge in [0.15, 0.2) is 0 Å². The molecule has 1 aromatic heterocycles. The summed E-state index contributed by atoms with van der Waals surface area (Å²) >= 11 is 6.05. The number of rotatable bonds is 1. The van der Waals surface area contributed by atoms with Gasteiger partial charge in [-0.1, -0.05) is 23.7 Å². The lowest BCUT2D eigenvalue weighted by Crippen LogP contribution is -1.93. The molecule has 0 spiro atoms. The van der Waals surface area contributed by atoms with Crippen molar-refractivity contribution in [3.8, 4) is 11.4 Å². The Labute approximate surface area is 110 Å².